The summed E-state index contributed by atoms with van der Waals surface area (Å²) in [6, 6.07) is 1.01. The summed E-state index contributed by atoms with van der Waals surface area (Å²) in [4.78, 5) is 53.6. The molecule has 0 spiro atoms. The number of unbranched alkanes of at least 4 members (excludes halogenated alkanes) is 2. The molecule has 11 heteroatoms. The normalized spacial score (nSPS) is 21.5. The monoisotopic (exact) mass is 476 g/mol. The maximum absolute atomic E-state index is 13.3. The molecule has 4 amide bonds. The standard InChI is InChI=1S/C23H32N4O7/c1-13-22(30)27-16(21(29)24-9-7-5-6-8-19(28)25-32)10-14-11-17(33-3)18(34-4)12-15(14)20(27)23(31)26(13)2/h11-13,16,20,32H,5-10H2,1-4H3,(H,24,29)(H,25,28)/t13-,16-,20-/m0/s1. The van der Waals surface area contributed by atoms with Crippen molar-refractivity contribution in [2.75, 3.05) is 27.8 Å². The van der Waals surface area contributed by atoms with Crippen LogP contribution < -0.4 is 20.3 Å². The minimum atomic E-state index is -0.926. The summed E-state index contributed by atoms with van der Waals surface area (Å²) in [7, 11) is 4.60. The molecule has 2 aliphatic heterocycles. The first-order chi connectivity index (χ1) is 16.2. The van der Waals surface area contributed by atoms with Crippen molar-refractivity contribution in [2.45, 2.75) is 57.2 Å². The number of hydrogen-bond acceptors (Lipinski definition) is 7. The van der Waals surface area contributed by atoms with Crippen molar-refractivity contribution in [1.29, 1.82) is 0 Å². The van der Waals surface area contributed by atoms with Crippen LogP contribution in [-0.4, -0.2) is 78.5 Å². The molecule has 11 nitrogen and oxygen atoms in total. The summed E-state index contributed by atoms with van der Waals surface area (Å²) in [6.45, 7) is 2.02. The molecular weight excluding hydrogens is 444 g/mol. The van der Waals surface area contributed by atoms with Gasteiger partial charge in [0.25, 0.3) is 0 Å². The van der Waals surface area contributed by atoms with E-state index in [0.717, 1.165) is 5.56 Å². The van der Waals surface area contributed by atoms with Gasteiger partial charge in [-0.05, 0) is 43.0 Å². The molecule has 2 aliphatic rings. The number of rotatable bonds is 9. The SMILES string of the molecule is COc1cc2c(cc1OC)[C@H]1C(=O)N(C)[C@@H](C)C(=O)N1[C@H](C(=O)NCCCCCC(=O)NO)C2. The van der Waals surface area contributed by atoms with E-state index >= 15 is 0 Å². The Kier molecular flexibility index (Phi) is 7.98. The molecule has 3 rings (SSSR count). The highest BCUT2D eigenvalue weighted by molar-refractivity contribution is 6.01. The number of carbonyl (C=O) groups is 4. The van der Waals surface area contributed by atoms with E-state index in [1.165, 1.54) is 24.0 Å². The number of hydrogen-bond donors (Lipinski definition) is 3. The van der Waals surface area contributed by atoms with Crippen LogP contribution in [0.1, 0.15) is 49.8 Å². The number of carbonyl (C=O) groups excluding carboxylic acids is 4. The maximum atomic E-state index is 13.3. The largest absolute Gasteiger partial charge is 0.493 e. The quantitative estimate of drug-likeness (QED) is 0.269. The molecule has 1 saturated heterocycles. The number of piperazine rings is 1. The van der Waals surface area contributed by atoms with Gasteiger partial charge in [-0.3, -0.25) is 24.4 Å². The Bertz CT molecular complexity index is 967. The lowest BCUT2D eigenvalue weighted by Crippen LogP contribution is -2.65. The fourth-order valence-corrected chi connectivity index (χ4v) is 4.49. The van der Waals surface area contributed by atoms with E-state index in [0.29, 0.717) is 42.9 Å². The third-order valence-electron chi connectivity index (χ3n) is 6.55. The van der Waals surface area contributed by atoms with Crippen LogP contribution in [0.2, 0.25) is 0 Å². The van der Waals surface area contributed by atoms with Crippen molar-refractivity contribution < 1.29 is 33.9 Å². The van der Waals surface area contributed by atoms with E-state index in [9.17, 15) is 19.2 Å². The van der Waals surface area contributed by atoms with Gasteiger partial charge < -0.3 is 24.6 Å². The topological polar surface area (TPSA) is 138 Å². The van der Waals surface area contributed by atoms with Gasteiger partial charge >= 0.3 is 0 Å². The van der Waals surface area contributed by atoms with Gasteiger partial charge in [-0.15, -0.1) is 0 Å². The number of ether oxygens (including phenoxy) is 2. The highest BCUT2D eigenvalue weighted by atomic mass is 16.5. The van der Waals surface area contributed by atoms with Gasteiger partial charge in [0.1, 0.15) is 18.1 Å². The zero-order valence-electron chi connectivity index (χ0n) is 19.9. The van der Waals surface area contributed by atoms with Crippen LogP contribution >= 0.6 is 0 Å². The van der Waals surface area contributed by atoms with Crippen LogP contribution in [0.4, 0.5) is 0 Å². The maximum Gasteiger partial charge on any atom is 0.250 e. The first-order valence-corrected chi connectivity index (χ1v) is 11.3. The smallest absolute Gasteiger partial charge is 0.250 e. The minimum absolute atomic E-state index is 0.201. The van der Waals surface area contributed by atoms with Gasteiger partial charge in [0, 0.05) is 26.4 Å². The minimum Gasteiger partial charge on any atom is -0.493 e. The predicted molar refractivity (Wildman–Crippen MR) is 120 cm³/mol. The van der Waals surface area contributed by atoms with Gasteiger partial charge in [0.15, 0.2) is 11.5 Å². The lowest BCUT2D eigenvalue weighted by atomic mass is 9.84. The summed E-state index contributed by atoms with van der Waals surface area (Å²) < 4.78 is 10.8. The fraction of sp³-hybridized carbons (Fsp3) is 0.565. The summed E-state index contributed by atoms with van der Waals surface area (Å²) in [5.74, 6) is -0.410. The highest BCUT2D eigenvalue weighted by Gasteiger charge is 2.51. The molecular formula is C23H32N4O7. The number of fused-ring (bicyclic) bond motifs is 3. The molecule has 3 atom stereocenters. The number of hydroxylamine groups is 1. The second-order valence-electron chi connectivity index (χ2n) is 8.54. The van der Waals surface area contributed by atoms with Crippen molar-refractivity contribution in [2.24, 2.45) is 0 Å². The summed E-state index contributed by atoms with van der Waals surface area (Å²) in [5, 5.41) is 11.4. The first kappa shape index (κ1) is 25.3. The van der Waals surface area contributed by atoms with Gasteiger partial charge in [-0.25, -0.2) is 5.48 Å². The average Bonchev–Trinajstić information content (AvgIpc) is 2.85. The Hall–Kier alpha value is -3.34. The van der Waals surface area contributed by atoms with E-state index in [2.05, 4.69) is 5.32 Å². The molecule has 1 aromatic rings. The van der Waals surface area contributed by atoms with Crippen molar-refractivity contribution in [3.63, 3.8) is 0 Å². The van der Waals surface area contributed by atoms with Crippen LogP contribution in [0.3, 0.4) is 0 Å². The Morgan fingerprint density at radius 2 is 1.76 bits per heavy atom. The molecule has 0 unspecified atom stereocenters. The third kappa shape index (κ3) is 4.79. The second-order valence-corrected chi connectivity index (χ2v) is 8.54. The van der Waals surface area contributed by atoms with E-state index in [1.807, 2.05) is 0 Å². The fourth-order valence-electron chi connectivity index (χ4n) is 4.49. The van der Waals surface area contributed by atoms with Crippen molar-refractivity contribution >= 4 is 23.6 Å². The molecule has 0 aliphatic carbocycles. The molecule has 0 bridgehead atoms. The van der Waals surface area contributed by atoms with Gasteiger partial charge in [0.05, 0.1) is 14.2 Å². The molecule has 2 heterocycles. The van der Waals surface area contributed by atoms with E-state index in [4.69, 9.17) is 14.7 Å². The van der Waals surface area contributed by atoms with Crippen LogP contribution in [0.5, 0.6) is 11.5 Å². The molecule has 0 aromatic heterocycles. The van der Waals surface area contributed by atoms with Crippen molar-refractivity contribution in [3.8, 4) is 11.5 Å². The molecule has 0 saturated carbocycles. The Labute approximate surface area is 198 Å². The van der Waals surface area contributed by atoms with Crippen LogP contribution in [0, 0.1) is 0 Å². The zero-order chi connectivity index (χ0) is 25.0. The summed E-state index contributed by atoms with van der Waals surface area (Å²) >= 11 is 0. The van der Waals surface area contributed by atoms with Gasteiger partial charge in [-0.1, -0.05) is 6.42 Å². The van der Waals surface area contributed by atoms with Crippen LogP contribution in [0.25, 0.3) is 0 Å². The molecule has 1 fully saturated rings. The van der Waals surface area contributed by atoms with Crippen molar-refractivity contribution in [3.05, 3.63) is 23.3 Å². The number of amides is 4. The lowest BCUT2D eigenvalue weighted by Gasteiger charge is -2.48. The molecule has 186 valence electrons. The lowest BCUT2D eigenvalue weighted by molar-refractivity contribution is -0.165. The van der Waals surface area contributed by atoms with Crippen LogP contribution in [0.15, 0.2) is 12.1 Å². The van der Waals surface area contributed by atoms with E-state index < -0.39 is 24.0 Å². The Balaban J connectivity index is 1.82. The van der Waals surface area contributed by atoms with E-state index in [-0.39, 0.29) is 30.6 Å². The average molecular weight is 477 g/mol. The highest BCUT2D eigenvalue weighted by Crippen LogP contribution is 2.42. The molecule has 1 aromatic carbocycles. The number of nitrogens with zero attached hydrogens (tertiary/aromatic N) is 2. The second kappa shape index (κ2) is 10.7. The van der Waals surface area contributed by atoms with Gasteiger partial charge in [-0.2, -0.15) is 0 Å². The Morgan fingerprint density at radius 3 is 2.41 bits per heavy atom. The molecule has 3 N–H and O–H groups in total. The number of likely N-dealkylation sites (N-methyl/N-ethyl adjacent to an activating group) is 1. The summed E-state index contributed by atoms with van der Waals surface area (Å²) in [5.41, 5.74) is 2.96. The van der Waals surface area contributed by atoms with Gasteiger partial charge in [0.2, 0.25) is 23.6 Å². The zero-order valence-corrected chi connectivity index (χ0v) is 19.9. The molecule has 0 radical (unpaired) electrons. The first-order valence-electron chi connectivity index (χ1n) is 11.3. The molecule has 34 heavy (non-hydrogen) atoms. The summed E-state index contributed by atoms with van der Waals surface area (Å²) in [6.07, 6.45) is 2.33. The number of benzene rings is 1. The predicted octanol–water partition coefficient (Wildman–Crippen LogP) is 0.541. The Morgan fingerprint density at radius 1 is 1.09 bits per heavy atom. The number of methoxy groups -OCH3 is 2. The van der Waals surface area contributed by atoms with Crippen LogP contribution in [-0.2, 0) is 25.6 Å². The number of nitrogens with one attached hydrogen (secondary N) is 2. The van der Waals surface area contributed by atoms with Crippen molar-refractivity contribution in [1.82, 2.24) is 20.6 Å². The third-order valence-corrected chi connectivity index (χ3v) is 6.55. The van der Waals surface area contributed by atoms with E-state index in [1.54, 1.807) is 31.6 Å².